The van der Waals surface area contributed by atoms with Crippen LogP contribution in [0, 0.1) is 0 Å². The van der Waals surface area contributed by atoms with E-state index in [4.69, 9.17) is 19.4 Å². The van der Waals surface area contributed by atoms with Crippen molar-refractivity contribution >= 4 is 59.0 Å². The highest BCUT2D eigenvalue weighted by molar-refractivity contribution is 7.25. The van der Waals surface area contributed by atoms with Gasteiger partial charge < -0.3 is 4.42 Å². The van der Waals surface area contributed by atoms with Gasteiger partial charge in [-0.3, -0.25) is 0 Å². The van der Waals surface area contributed by atoms with Gasteiger partial charge in [-0.25, -0.2) is 15.0 Å². The summed E-state index contributed by atoms with van der Waals surface area (Å²) in [6.07, 6.45) is 8.88. The lowest BCUT2D eigenvalue weighted by Crippen LogP contribution is -2.01. The van der Waals surface area contributed by atoms with Gasteiger partial charge in [-0.1, -0.05) is 133 Å². The van der Waals surface area contributed by atoms with Crippen molar-refractivity contribution in [3.05, 3.63) is 182 Å². The molecule has 0 saturated carbocycles. The normalized spacial score (nSPS) is 12.9. The fourth-order valence-corrected chi connectivity index (χ4v) is 9.20. The van der Waals surface area contributed by atoms with Gasteiger partial charge in [-0.05, 0) is 83.1 Å². The lowest BCUT2D eigenvalue weighted by molar-refractivity contribution is 0.670. The highest BCUT2D eigenvalue weighted by Gasteiger charge is 2.20. The second kappa shape index (κ2) is 13.4. The number of nitrogens with zero attached hydrogens (tertiary/aromatic N) is 3. The third-order valence-corrected chi connectivity index (χ3v) is 11.9. The Balaban J connectivity index is 1.17. The van der Waals surface area contributed by atoms with E-state index in [1.165, 1.54) is 20.4 Å². The van der Waals surface area contributed by atoms with Gasteiger partial charge in [0, 0.05) is 53.2 Å². The zero-order valence-electron chi connectivity index (χ0n) is 30.3. The number of fused-ring (bicyclic) bond motifs is 6. The number of thiophene rings is 1. The Morgan fingerprint density at radius 1 is 0.446 bits per heavy atom. The molecule has 0 radical (unpaired) electrons. The first kappa shape index (κ1) is 32.5. The van der Waals surface area contributed by atoms with Gasteiger partial charge in [0.25, 0.3) is 0 Å². The molecule has 1 aliphatic carbocycles. The molecule has 0 aliphatic heterocycles. The minimum atomic E-state index is 0.611. The van der Waals surface area contributed by atoms with Crippen LogP contribution < -0.4 is 0 Å². The predicted octanol–water partition coefficient (Wildman–Crippen LogP) is 14.2. The lowest BCUT2D eigenvalue weighted by atomic mass is 9.94. The topological polar surface area (TPSA) is 51.8 Å². The number of hydrogen-bond donors (Lipinski definition) is 0. The summed E-state index contributed by atoms with van der Waals surface area (Å²) < 4.78 is 9.01. The van der Waals surface area contributed by atoms with Gasteiger partial charge in [0.05, 0.1) is 0 Å². The van der Waals surface area contributed by atoms with Crippen LogP contribution in [-0.2, 0) is 0 Å². The van der Waals surface area contributed by atoms with Gasteiger partial charge in [-0.15, -0.1) is 11.3 Å². The molecule has 0 saturated heterocycles. The molecule has 3 heterocycles. The molecular formula is C51H33N3OS. The zero-order valence-corrected chi connectivity index (χ0v) is 31.1. The number of aromatic nitrogens is 3. The summed E-state index contributed by atoms with van der Waals surface area (Å²) in [6.45, 7) is 0. The van der Waals surface area contributed by atoms with Crippen LogP contribution in [0.5, 0.6) is 0 Å². The van der Waals surface area contributed by atoms with Crippen molar-refractivity contribution in [1.29, 1.82) is 0 Å². The monoisotopic (exact) mass is 735 g/mol. The van der Waals surface area contributed by atoms with Crippen molar-refractivity contribution in [3.8, 4) is 56.4 Å². The summed E-state index contributed by atoms with van der Waals surface area (Å²) in [5.74, 6) is 1.89. The van der Waals surface area contributed by atoms with Crippen LogP contribution in [0.1, 0.15) is 18.4 Å². The number of rotatable bonds is 6. The molecule has 3 aromatic heterocycles. The molecule has 4 nitrogen and oxygen atoms in total. The Morgan fingerprint density at radius 2 is 1.09 bits per heavy atom. The van der Waals surface area contributed by atoms with E-state index < -0.39 is 0 Å². The minimum absolute atomic E-state index is 0.611. The van der Waals surface area contributed by atoms with Crippen LogP contribution in [0.4, 0.5) is 0 Å². The van der Waals surface area contributed by atoms with E-state index >= 15 is 0 Å². The first-order chi connectivity index (χ1) is 27.7. The molecule has 5 heteroatoms. The first-order valence-electron chi connectivity index (χ1n) is 19.0. The summed E-state index contributed by atoms with van der Waals surface area (Å²) in [6, 6.07) is 55.4. The Kier molecular flexibility index (Phi) is 7.78. The van der Waals surface area contributed by atoms with E-state index in [9.17, 15) is 0 Å². The summed E-state index contributed by atoms with van der Waals surface area (Å²) in [5, 5.41) is 4.57. The molecule has 0 atom stereocenters. The molecule has 1 aliphatic rings. The number of furan rings is 1. The van der Waals surface area contributed by atoms with Crippen molar-refractivity contribution in [2.75, 3.05) is 0 Å². The van der Waals surface area contributed by atoms with Crippen LogP contribution in [0.3, 0.4) is 0 Å². The average molecular weight is 736 g/mol. The SMILES string of the molecule is C1=CC(c2cccc(-c3nc(-c4cc(-c5ccccc5)cc(-c5cccc6c5oc5ccccc56)c4)nc(-c4cccc5sc6ccccc6c45)n3)c2)=CCC1. The Hall–Kier alpha value is -6.95. The Bertz CT molecular complexity index is 3210. The van der Waals surface area contributed by atoms with Crippen LogP contribution in [-0.4, -0.2) is 15.0 Å². The maximum atomic E-state index is 6.56. The third-order valence-electron chi connectivity index (χ3n) is 10.7. The van der Waals surface area contributed by atoms with Gasteiger partial charge in [0.15, 0.2) is 17.5 Å². The van der Waals surface area contributed by atoms with Crippen molar-refractivity contribution in [2.24, 2.45) is 0 Å². The maximum Gasteiger partial charge on any atom is 0.164 e. The number of hydrogen-bond acceptors (Lipinski definition) is 5. The van der Waals surface area contributed by atoms with Crippen molar-refractivity contribution in [1.82, 2.24) is 15.0 Å². The second-order valence-corrected chi connectivity index (χ2v) is 15.3. The van der Waals surface area contributed by atoms with Gasteiger partial charge in [-0.2, -0.15) is 0 Å². The minimum Gasteiger partial charge on any atom is -0.455 e. The standard InChI is InChI=1S/C51H33N3OS/c1-3-14-32(15-4-1)34-18-11-19-35(28-34)49-52-50(54-51(53-49)43-24-13-27-46-47(43)42-21-8-10-26-45(42)56-46)38-30-36(33-16-5-2-6-17-33)29-37(31-38)39-22-12-23-41-40-20-7-9-25-44(40)55-48(39)41/h2-3,5-31H,1,4H2. The van der Waals surface area contributed by atoms with E-state index in [1.807, 2.05) is 12.1 Å². The van der Waals surface area contributed by atoms with Gasteiger partial charge >= 0.3 is 0 Å². The molecule has 0 spiro atoms. The molecule has 7 aromatic carbocycles. The number of benzene rings is 7. The molecule has 0 unspecified atom stereocenters. The number of allylic oxidation sites excluding steroid dienone is 4. The fourth-order valence-electron chi connectivity index (χ4n) is 8.06. The average Bonchev–Trinajstić information content (AvgIpc) is 3.86. The molecule has 56 heavy (non-hydrogen) atoms. The van der Waals surface area contributed by atoms with E-state index in [0.717, 1.165) is 84.7 Å². The highest BCUT2D eigenvalue weighted by Crippen LogP contribution is 2.42. The van der Waals surface area contributed by atoms with Gasteiger partial charge in [0.1, 0.15) is 11.2 Å². The molecule has 264 valence electrons. The Labute approximate surface area is 327 Å². The van der Waals surface area contributed by atoms with Crippen LogP contribution in [0.2, 0.25) is 0 Å². The third kappa shape index (κ3) is 5.64. The van der Waals surface area contributed by atoms with Crippen LogP contribution in [0.25, 0.3) is 104 Å². The van der Waals surface area contributed by atoms with E-state index in [0.29, 0.717) is 17.5 Å². The summed E-state index contributed by atoms with van der Waals surface area (Å²) in [4.78, 5) is 15.9. The molecule has 0 amide bonds. The molecule has 10 aromatic rings. The summed E-state index contributed by atoms with van der Waals surface area (Å²) in [7, 11) is 0. The molecule has 0 fully saturated rings. The quantitative estimate of drug-likeness (QED) is 0.171. The second-order valence-electron chi connectivity index (χ2n) is 14.2. The zero-order chi connectivity index (χ0) is 37.0. The van der Waals surface area contributed by atoms with Crippen molar-refractivity contribution in [3.63, 3.8) is 0 Å². The van der Waals surface area contributed by atoms with Crippen LogP contribution in [0.15, 0.2) is 180 Å². The molecule has 0 bridgehead atoms. The van der Waals surface area contributed by atoms with Gasteiger partial charge in [0.2, 0.25) is 0 Å². The van der Waals surface area contributed by atoms with E-state index in [1.54, 1.807) is 11.3 Å². The predicted molar refractivity (Wildman–Crippen MR) is 234 cm³/mol. The first-order valence-corrected chi connectivity index (χ1v) is 19.8. The summed E-state index contributed by atoms with van der Waals surface area (Å²) >= 11 is 1.80. The maximum absolute atomic E-state index is 6.56. The molecule has 0 N–H and O–H groups in total. The van der Waals surface area contributed by atoms with Crippen molar-refractivity contribution < 1.29 is 4.42 Å². The summed E-state index contributed by atoms with van der Waals surface area (Å²) in [5.41, 5.74) is 11.2. The number of para-hydroxylation sites is 2. The lowest BCUT2D eigenvalue weighted by Gasteiger charge is -2.14. The molecular weight excluding hydrogens is 703 g/mol. The van der Waals surface area contributed by atoms with E-state index in [2.05, 4.69) is 164 Å². The largest absolute Gasteiger partial charge is 0.455 e. The Morgan fingerprint density at radius 3 is 1.98 bits per heavy atom. The van der Waals surface area contributed by atoms with E-state index in [-0.39, 0.29) is 0 Å². The smallest absolute Gasteiger partial charge is 0.164 e. The fraction of sp³-hybridized carbons (Fsp3) is 0.0392. The molecule has 11 rings (SSSR count). The van der Waals surface area contributed by atoms with Crippen LogP contribution >= 0.6 is 11.3 Å². The highest BCUT2D eigenvalue weighted by atomic mass is 32.1. The van der Waals surface area contributed by atoms with Crippen molar-refractivity contribution in [2.45, 2.75) is 12.8 Å².